The molecular weight excluding hydrogens is 226 g/mol. The second-order valence-electron chi connectivity index (χ2n) is 4.48. The second-order valence-corrected chi connectivity index (χ2v) is 4.48. The van der Waals surface area contributed by atoms with Gasteiger partial charge in [0.25, 0.3) is 5.91 Å². The van der Waals surface area contributed by atoms with Crippen LogP contribution in [0.4, 0.5) is 0 Å². The smallest absolute Gasteiger partial charge is 0.251 e. The molecule has 18 heavy (non-hydrogen) atoms. The van der Waals surface area contributed by atoms with Crippen molar-refractivity contribution >= 4 is 16.9 Å². The number of carbonyl (C=O) groups is 1. The largest absolute Gasteiger partial charge is 0.352 e. The molecule has 0 aliphatic heterocycles. The number of H-pyrrole nitrogens is 1. The number of hydrogen-bond acceptors (Lipinski definition) is 2. The van der Waals surface area contributed by atoms with Gasteiger partial charge in [-0.25, -0.2) is 4.98 Å². The van der Waals surface area contributed by atoms with Crippen molar-refractivity contribution in [3.63, 3.8) is 0 Å². The molecule has 0 saturated carbocycles. The summed E-state index contributed by atoms with van der Waals surface area (Å²) < 4.78 is 0. The molecule has 0 fully saturated rings. The van der Waals surface area contributed by atoms with Crippen LogP contribution in [0.1, 0.15) is 42.0 Å². The number of amides is 1. The number of fused-ring (bicyclic) bond motifs is 1. The lowest BCUT2D eigenvalue weighted by Crippen LogP contribution is -2.22. The molecule has 0 unspecified atom stereocenters. The summed E-state index contributed by atoms with van der Waals surface area (Å²) in [5.74, 6) is 0.956. The van der Waals surface area contributed by atoms with E-state index in [1.165, 1.54) is 0 Å². The third kappa shape index (κ3) is 2.37. The zero-order valence-electron chi connectivity index (χ0n) is 11.1. The van der Waals surface area contributed by atoms with Gasteiger partial charge in [0.15, 0.2) is 0 Å². The molecule has 2 N–H and O–H groups in total. The summed E-state index contributed by atoms with van der Waals surface area (Å²) in [5.41, 5.74) is 3.63. The lowest BCUT2D eigenvalue weighted by molar-refractivity contribution is 0.0956. The van der Waals surface area contributed by atoms with E-state index in [1.54, 1.807) is 0 Å². The second kappa shape index (κ2) is 5.21. The highest BCUT2D eigenvalue weighted by Crippen LogP contribution is 2.19. The highest BCUT2D eigenvalue weighted by atomic mass is 16.1. The Kier molecular flexibility index (Phi) is 3.65. The first kappa shape index (κ1) is 12.6. The lowest BCUT2D eigenvalue weighted by Gasteiger charge is -2.03. The Hall–Kier alpha value is -1.84. The number of imidazole rings is 1. The molecule has 0 bridgehead atoms. The van der Waals surface area contributed by atoms with Gasteiger partial charge in [0.05, 0.1) is 11.0 Å². The number of rotatable bonds is 4. The molecule has 1 heterocycles. The highest BCUT2D eigenvalue weighted by molar-refractivity contribution is 5.98. The van der Waals surface area contributed by atoms with Gasteiger partial charge in [0.1, 0.15) is 5.82 Å². The average Bonchev–Trinajstić information content (AvgIpc) is 2.73. The number of carbonyl (C=O) groups excluding carboxylic acids is 1. The average molecular weight is 245 g/mol. The van der Waals surface area contributed by atoms with Crippen LogP contribution in [-0.4, -0.2) is 22.4 Å². The molecule has 4 nitrogen and oxygen atoms in total. The van der Waals surface area contributed by atoms with Crippen LogP contribution in [0.3, 0.4) is 0 Å². The fourth-order valence-electron chi connectivity index (χ4n) is 2.09. The van der Waals surface area contributed by atoms with Crippen LogP contribution < -0.4 is 5.32 Å². The number of nitrogens with one attached hydrogen (secondary N) is 2. The number of aryl methyl sites for hydroxylation is 2. The Bertz CT molecular complexity index is 572. The van der Waals surface area contributed by atoms with Crippen LogP contribution in [0.5, 0.6) is 0 Å². The van der Waals surface area contributed by atoms with Crippen LogP contribution in [0.15, 0.2) is 12.1 Å². The van der Waals surface area contributed by atoms with Crippen molar-refractivity contribution in [1.82, 2.24) is 15.3 Å². The molecule has 1 aromatic carbocycles. The summed E-state index contributed by atoms with van der Waals surface area (Å²) in [5, 5.41) is 2.81. The van der Waals surface area contributed by atoms with Gasteiger partial charge in [0.2, 0.25) is 0 Å². The van der Waals surface area contributed by atoms with Crippen molar-refractivity contribution in [3.8, 4) is 0 Å². The number of hydrogen-bond donors (Lipinski definition) is 2. The Morgan fingerprint density at radius 1 is 1.39 bits per heavy atom. The minimum atomic E-state index is -0.0332. The lowest BCUT2D eigenvalue weighted by atomic mass is 10.1. The molecule has 1 aromatic heterocycles. The van der Waals surface area contributed by atoms with E-state index in [9.17, 15) is 4.79 Å². The molecule has 2 rings (SSSR count). The molecule has 0 radical (unpaired) electrons. The summed E-state index contributed by atoms with van der Waals surface area (Å²) in [6.45, 7) is 6.67. The highest BCUT2D eigenvalue weighted by Gasteiger charge is 2.10. The molecule has 0 spiro atoms. The Morgan fingerprint density at radius 3 is 2.83 bits per heavy atom. The van der Waals surface area contributed by atoms with Gasteiger partial charge in [0, 0.05) is 18.5 Å². The first-order valence-electron chi connectivity index (χ1n) is 6.43. The van der Waals surface area contributed by atoms with Crippen LogP contribution >= 0.6 is 0 Å². The van der Waals surface area contributed by atoms with Crippen LogP contribution in [0.25, 0.3) is 11.0 Å². The van der Waals surface area contributed by atoms with Gasteiger partial charge < -0.3 is 10.3 Å². The zero-order chi connectivity index (χ0) is 13.1. The van der Waals surface area contributed by atoms with Gasteiger partial charge in [-0.3, -0.25) is 4.79 Å². The first-order valence-corrected chi connectivity index (χ1v) is 6.43. The number of benzene rings is 1. The molecule has 0 saturated heterocycles. The third-order valence-corrected chi connectivity index (χ3v) is 2.91. The van der Waals surface area contributed by atoms with Crippen molar-refractivity contribution in [2.75, 3.05) is 6.54 Å². The summed E-state index contributed by atoms with van der Waals surface area (Å²) in [4.78, 5) is 19.7. The topological polar surface area (TPSA) is 57.8 Å². The quantitative estimate of drug-likeness (QED) is 0.869. The normalized spacial score (nSPS) is 10.8. The van der Waals surface area contributed by atoms with E-state index in [1.807, 2.05) is 26.0 Å². The monoisotopic (exact) mass is 245 g/mol. The molecule has 0 atom stereocenters. The van der Waals surface area contributed by atoms with Gasteiger partial charge in [-0.2, -0.15) is 0 Å². The van der Waals surface area contributed by atoms with E-state index in [-0.39, 0.29) is 5.91 Å². The zero-order valence-corrected chi connectivity index (χ0v) is 11.1. The standard InChI is InChI=1S/C14H19N3O/c1-4-6-12-16-11-8-10(14(18)15-5-2)7-9(3)13(11)17-12/h7-8H,4-6H2,1-3H3,(H,15,18)(H,16,17). The fraction of sp³-hybridized carbons (Fsp3) is 0.429. The van der Waals surface area contributed by atoms with E-state index in [0.717, 1.165) is 35.3 Å². The van der Waals surface area contributed by atoms with Crippen molar-refractivity contribution in [1.29, 1.82) is 0 Å². The van der Waals surface area contributed by atoms with Crippen molar-refractivity contribution in [3.05, 3.63) is 29.1 Å². The molecule has 0 aliphatic rings. The van der Waals surface area contributed by atoms with E-state index in [2.05, 4.69) is 22.2 Å². The van der Waals surface area contributed by atoms with Gasteiger partial charge in [-0.15, -0.1) is 0 Å². The minimum Gasteiger partial charge on any atom is -0.352 e. The molecule has 96 valence electrons. The SMILES string of the molecule is CCCc1nc2c(C)cc(C(=O)NCC)cc2[nH]1. The third-order valence-electron chi connectivity index (χ3n) is 2.91. The van der Waals surface area contributed by atoms with Gasteiger partial charge in [-0.05, 0) is 38.0 Å². The van der Waals surface area contributed by atoms with E-state index >= 15 is 0 Å². The maximum atomic E-state index is 11.8. The Labute approximate surface area is 107 Å². The molecule has 0 aliphatic carbocycles. The predicted molar refractivity (Wildman–Crippen MR) is 72.8 cm³/mol. The maximum absolute atomic E-state index is 11.8. The van der Waals surface area contributed by atoms with Crippen LogP contribution in [0, 0.1) is 6.92 Å². The number of aromatic amines is 1. The molecule has 4 heteroatoms. The Balaban J connectivity index is 2.44. The Morgan fingerprint density at radius 2 is 2.17 bits per heavy atom. The van der Waals surface area contributed by atoms with Gasteiger partial charge >= 0.3 is 0 Å². The summed E-state index contributed by atoms with van der Waals surface area (Å²) in [6, 6.07) is 3.77. The maximum Gasteiger partial charge on any atom is 0.251 e. The number of nitrogens with zero attached hydrogens (tertiary/aromatic N) is 1. The number of aromatic nitrogens is 2. The molecule has 1 amide bonds. The minimum absolute atomic E-state index is 0.0332. The van der Waals surface area contributed by atoms with Crippen LogP contribution in [0.2, 0.25) is 0 Å². The molecular formula is C14H19N3O. The summed E-state index contributed by atoms with van der Waals surface area (Å²) in [6.07, 6.45) is 1.99. The van der Waals surface area contributed by atoms with Crippen LogP contribution in [-0.2, 0) is 6.42 Å². The van der Waals surface area contributed by atoms with Crippen molar-refractivity contribution in [2.24, 2.45) is 0 Å². The van der Waals surface area contributed by atoms with E-state index < -0.39 is 0 Å². The first-order chi connectivity index (χ1) is 8.65. The van der Waals surface area contributed by atoms with Gasteiger partial charge in [-0.1, -0.05) is 6.92 Å². The van der Waals surface area contributed by atoms with Crippen molar-refractivity contribution < 1.29 is 4.79 Å². The van der Waals surface area contributed by atoms with E-state index in [0.29, 0.717) is 12.1 Å². The summed E-state index contributed by atoms with van der Waals surface area (Å²) in [7, 11) is 0. The van der Waals surface area contributed by atoms with E-state index in [4.69, 9.17) is 0 Å². The van der Waals surface area contributed by atoms with Crippen molar-refractivity contribution in [2.45, 2.75) is 33.6 Å². The molecule has 2 aromatic rings. The summed E-state index contributed by atoms with van der Waals surface area (Å²) >= 11 is 0. The fourth-order valence-corrected chi connectivity index (χ4v) is 2.09. The predicted octanol–water partition coefficient (Wildman–Crippen LogP) is 2.57.